The van der Waals surface area contributed by atoms with Gasteiger partial charge in [0.25, 0.3) is 0 Å². The molecule has 1 aromatic heterocycles. The summed E-state index contributed by atoms with van der Waals surface area (Å²) in [6, 6.07) is 4.88. The molecule has 0 saturated carbocycles. The van der Waals surface area contributed by atoms with Crippen LogP contribution < -0.4 is 5.32 Å². The molecule has 2 aromatic rings. The van der Waals surface area contributed by atoms with E-state index in [1.807, 2.05) is 20.0 Å². The summed E-state index contributed by atoms with van der Waals surface area (Å²) in [5.74, 6) is -0.206. The Bertz CT molecular complexity index is 540. The average Bonchev–Trinajstić information content (AvgIpc) is 2.77. The molecule has 2 rings (SSSR count). The highest BCUT2D eigenvalue weighted by atomic mass is 32.1. The molecule has 2 nitrogen and oxygen atoms in total. The molecule has 0 bridgehead atoms. The monoisotopic (exact) mass is 278 g/mol. The number of nitrogens with one attached hydrogen (secondary N) is 1. The normalized spacial score (nSPS) is 10.9. The molecule has 0 aliphatic carbocycles. The van der Waals surface area contributed by atoms with E-state index >= 15 is 0 Å². The Hall–Kier alpha value is -1.26. The Balaban J connectivity index is 2.44. The zero-order chi connectivity index (χ0) is 13.8. The van der Waals surface area contributed by atoms with Crippen molar-refractivity contribution >= 4 is 11.3 Å². The number of nitrogens with zero attached hydrogens (tertiary/aromatic N) is 1. The lowest BCUT2D eigenvalue weighted by atomic mass is 10.1. The second-order valence-corrected chi connectivity index (χ2v) is 5.71. The molecule has 19 heavy (non-hydrogen) atoms. The SMILES string of the molecule is CCCc1nc(-c2cc(F)ccc2C)sc1CNC. The molecule has 4 heteroatoms. The van der Waals surface area contributed by atoms with Crippen LogP contribution in [0.3, 0.4) is 0 Å². The molecule has 0 spiro atoms. The second kappa shape index (κ2) is 6.26. The van der Waals surface area contributed by atoms with Crippen LogP contribution in [0.25, 0.3) is 10.6 Å². The Morgan fingerprint density at radius 1 is 1.37 bits per heavy atom. The summed E-state index contributed by atoms with van der Waals surface area (Å²) in [6.45, 7) is 4.96. The summed E-state index contributed by atoms with van der Waals surface area (Å²) >= 11 is 1.66. The lowest BCUT2D eigenvalue weighted by Gasteiger charge is -2.01. The van der Waals surface area contributed by atoms with Gasteiger partial charge in [-0.3, -0.25) is 0 Å². The summed E-state index contributed by atoms with van der Waals surface area (Å²) in [6.07, 6.45) is 2.05. The highest BCUT2D eigenvalue weighted by Crippen LogP contribution is 2.31. The molecule has 0 unspecified atom stereocenters. The average molecular weight is 278 g/mol. The molecule has 0 radical (unpaired) electrons. The Morgan fingerprint density at radius 3 is 2.84 bits per heavy atom. The van der Waals surface area contributed by atoms with Crippen molar-refractivity contribution in [2.75, 3.05) is 7.05 Å². The van der Waals surface area contributed by atoms with Crippen LogP contribution in [0.1, 0.15) is 29.5 Å². The maximum Gasteiger partial charge on any atom is 0.124 e. The Kier molecular flexibility index (Phi) is 4.66. The molecular weight excluding hydrogens is 259 g/mol. The van der Waals surface area contributed by atoms with Crippen LogP contribution in [0, 0.1) is 12.7 Å². The van der Waals surface area contributed by atoms with Gasteiger partial charge in [0.2, 0.25) is 0 Å². The third-order valence-electron chi connectivity index (χ3n) is 3.03. The molecular formula is C15H19FN2S. The molecule has 0 fully saturated rings. The van der Waals surface area contributed by atoms with Crippen LogP contribution in [0.5, 0.6) is 0 Å². The van der Waals surface area contributed by atoms with Gasteiger partial charge in [0.05, 0.1) is 5.69 Å². The number of thiazole rings is 1. The number of aromatic nitrogens is 1. The molecule has 1 heterocycles. The van der Waals surface area contributed by atoms with Gasteiger partial charge in [0.15, 0.2) is 0 Å². The van der Waals surface area contributed by atoms with Crippen LogP contribution in [-0.4, -0.2) is 12.0 Å². The summed E-state index contributed by atoms with van der Waals surface area (Å²) in [5.41, 5.74) is 3.11. The van der Waals surface area contributed by atoms with Gasteiger partial charge >= 0.3 is 0 Å². The summed E-state index contributed by atoms with van der Waals surface area (Å²) in [7, 11) is 1.93. The molecule has 0 aliphatic heterocycles. The largest absolute Gasteiger partial charge is 0.315 e. The predicted molar refractivity (Wildman–Crippen MR) is 79.0 cm³/mol. The van der Waals surface area contributed by atoms with Gasteiger partial charge in [-0.2, -0.15) is 0 Å². The number of rotatable bonds is 5. The zero-order valence-electron chi connectivity index (χ0n) is 11.6. The molecule has 0 saturated heterocycles. The minimum atomic E-state index is -0.206. The van der Waals surface area contributed by atoms with Crippen molar-refractivity contribution in [2.24, 2.45) is 0 Å². The van der Waals surface area contributed by atoms with Crippen LogP contribution in [0.2, 0.25) is 0 Å². The lowest BCUT2D eigenvalue weighted by molar-refractivity contribution is 0.628. The fourth-order valence-corrected chi connectivity index (χ4v) is 3.26. The molecule has 1 aromatic carbocycles. The maximum atomic E-state index is 13.4. The fourth-order valence-electron chi connectivity index (χ4n) is 2.05. The number of aryl methyl sites for hydroxylation is 2. The van der Waals surface area contributed by atoms with Gasteiger partial charge < -0.3 is 5.32 Å². The smallest absolute Gasteiger partial charge is 0.124 e. The Morgan fingerprint density at radius 2 is 2.16 bits per heavy atom. The van der Waals surface area contributed by atoms with Crippen molar-refractivity contribution in [3.8, 4) is 10.6 Å². The van der Waals surface area contributed by atoms with Gasteiger partial charge in [-0.05, 0) is 38.1 Å². The second-order valence-electron chi connectivity index (χ2n) is 4.63. The number of benzene rings is 1. The third-order valence-corrected chi connectivity index (χ3v) is 4.16. The molecule has 1 N–H and O–H groups in total. The first-order chi connectivity index (χ1) is 9.15. The summed E-state index contributed by atoms with van der Waals surface area (Å²) in [5, 5.41) is 4.09. The van der Waals surface area contributed by atoms with E-state index in [0.717, 1.165) is 41.2 Å². The highest BCUT2D eigenvalue weighted by molar-refractivity contribution is 7.15. The van der Waals surface area contributed by atoms with Crippen molar-refractivity contribution in [2.45, 2.75) is 33.2 Å². The predicted octanol–water partition coefficient (Wildman–Crippen LogP) is 3.93. The number of hydrogen-bond acceptors (Lipinski definition) is 3. The zero-order valence-corrected chi connectivity index (χ0v) is 12.4. The summed E-state index contributed by atoms with van der Waals surface area (Å²) < 4.78 is 13.4. The number of hydrogen-bond donors (Lipinski definition) is 1. The fraction of sp³-hybridized carbons (Fsp3) is 0.400. The van der Waals surface area contributed by atoms with E-state index in [2.05, 4.69) is 12.2 Å². The van der Waals surface area contributed by atoms with Gasteiger partial charge in [-0.1, -0.05) is 19.4 Å². The van der Waals surface area contributed by atoms with Crippen molar-refractivity contribution in [1.82, 2.24) is 10.3 Å². The standard InChI is InChI=1S/C15H19FN2S/c1-4-5-13-14(9-17-3)19-15(18-13)12-8-11(16)7-6-10(12)2/h6-8,17H,4-5,9H2,1-3H3. The van der Waals surface area contributed by atoms with Crippen molar-refractivity contribution in [3.63, 3.8) is 0 Å². The van der Waals surface area contributed by atoms with Crippen molar-refractivity contribution in [3.05, 3.63) is 40.2 Å². The van der Waals surface area contributed by atoms with E-state index in [0.29, 0.717) is 0 Å². The molecule has 0 aliphatic rings. The lowest BCUT2D eigenvalue weighted by Crippen LogP contribution is -2.05. The van der Waals surface area contributed by atoms with Crippen molar-refractivity contribution < 1.29 is 4.39 Å². The van der Waals surface area contributed by atoms with Gasteiger partial charge in [0.1, 0.15) is 10.8 Å². The van der Waals surface area contributed by atoms with E-state index in [9.17, 15) is 4.39 Å². The minimum Gasteiger partial charge on any atom is -0.315 e. The molecule has 0 atom stereocenters. The first-order valence-corrected chi connectivity index (χ1v) is 7.37. The van der Waals surface area contributed by atoms with E-state index in [1.165, 1.54) is 10.9 Å². The van der Waals surface area contributed by atoms with E-state index < -0.39 is 0 Å². The quantitative estimate of drug-likeness (QED) is 0.896. The number of halogens is 1. The van der Waals surface area contributed by atoms with Crippen LogP contribution in [-0.2, 0) is 13.0 Å². The molecule has 102 valence electrons. The van der Waals surface area contributed by atoms with E-state index in [4.69, 9.17) is 4.98 Å². The summed E-state index contributed by atoms with van der Waals surface area (Å²) in [4.78, 5) is 5.96. The minimum absolute atomic E-state index is 0.206. The van der Waals surface area contributed by atoms with Gasteiger partial charge in [-0.25, -0.2) is 9.37 Å². The third kappa shape index (κ3) is 3.19. The van der Waals surface area contributed by atoms with Crippen LogP contribution in [0.15, 0.2) is 18.2 Å². The van der Waals surface area contributed by atoms with Crippen LogP contribution >= 0.6 is 11.3 Å². The highest BCUT2D eigenvalue weighted by Gasteiger charge is 2.13. The first-order valence-electron chi connectivity index (χ1n) is 6.55. The van der Waals surface area contributed by atoms with E-state index in [1.54, 1.807) is 17.4 Å². The van der Waals surface area contributed by atoms with Crippen LogP contribution in [0.4, 0.5) is 4.39 Å². The van der Waals surface area contributed by atoms with Crippen molar-refractivity contribution in [1.29, 1.82) is 0 Å². The topological polar surface area (TPSA) is 24.9 Å². The van der Waals surface area contributed by atoms with Gasteiger partial charge in [0, 0.05) is 17.0 Å². The molecule has 0 amide bonds. The van der Waals surface area contributed by atoms with E-state index in [-0.39, 0.29) is 5.82 Å². The Labute approximate surface area is 117 Å². The van der Waals surface area contributed by atoms with Gasteiger partial charge in [-0.15, -0.1) is 11.3 Å². The first kappa shape index (κ1) is 14.2. The maximum absolute atomic E-state index is 13.4.